The quantitative estimate of drug-likeness (QED) is 0.869. The number of hydrogen-bond donors (Lipinski definition) is 1. The highest BCUT2D eigenvalue weighted by molar-refractivity contribution is 5.36. The van der Waals surface area contributed by atoms with Crippen molar-refractivity contribution in [3.8, 4) is 5.75 Å². The fourth-order valence-corrected chi connectivity index (χ4v) is 2.57. The van der Waals surface area contributed by atoms with Gasteiger partial charge in [0.2, 0.25) is 0 Å². The van der Waals surface area contributed by atoms with Crippen LogP contribution in [-0.2, 0) is 4.74 Å². The number of rotatable bonds is 4. The van der Waals surface area contributed by atoms with Crippen LogP contribution in [-0.4, -0.2) is 27.4 Å². The molecule has 0 radical (unpaired) electrons. The Balaban J connectivity index is 2.10. The minimum Gasteiger partial charge on any atom is -0.496 e. The van der Waals surface area contributed by atoms with Crippen LogP contribution in [0.25, 0.3) is 0 Å². The van der Waals surface area contributed by atoms with Gasteiger partial charge < -0.3 is 14.8 Å². The third kappa shape index (κ3) is 2.99. The maximum atomic E-state index is 5.42. The monoisotopic (exact) mass is 235 g/mol. The van der Waals surface area contributed by atoms with Crippen LogP contribution in [0.3, 0.4) is 0 Å². The van der Waals surface area contributed by atoms with Crippen molar-refractivity contribution >= 4 is 0 Å². The molecule has 3 nitrogen and oxygen atoms in total. The molecule has 1 aliphatic rings. The minimum atomic E-state index is 0.389. The predicted molar refractivity (Wildman–Crippen MR) is 68.3 cm³/mol. The minimum absolute atomic E-state index is 0.389. The van der Waals surface area contributed by atoms with E-state index in [1.54, 1.807) is 14.2 Å². The molecule has 0 spiro atoms. The standard InChI is InChI=1S/C14H21NO2/c1-16-10-11-7-8-15-13(9-11)12-5-3-4-6-14(12)17-2/h3-6,11,13,15H,7-10H2,1-2H3. The normalized spacial score (nSPS) is 24.6. The lowest BCUT2D eigenvalue weighted by Crippen LogP contribution is -2.33. The molecule has 0 aromatic heterocycles. The summed E-state index contributed by atoms with van der Waals surface area (Å²) in [5, 5.41) is 3.56. The number of piperidine rings is 1. The van der Waals surface area contributed by atoms with E-state index in [0.29, 0.717) is 12.0 Å². The Bertz CT molecular complexity index is 352. The molecule has 2 atom stereocenters. The van der Waals surface area contributed by atoms with Crippen molar-refractivity contribution in [1.29, 1.82) is 0 Å². The van der Waals surface area contributed by atoms with Gasteiger partial charge in [0, 0.05) is 25.3 Å². The van der Waals surface area contributed by atoms with Crippen LogP contribution < -0.4 is 10.1 Å². The Kier molecular flexibility index (Phi) is 4.40. The van der Waals surface area contributed by atoms with E-state index in [1.165, 1.54) is 12.0 Å². The Hall–Kier alpha value is -1.06. The van der Waals surface area contributed by atoms with Gasteiger partial charge in [0.05, 0.1) is 7.11 Å². The lowest BCUT2D eigenvalue weighted by molar-refractivity contribution is 0.123. The zero-order valence-electron chi connectivity index (χ0n) is 10.6. The SMILES string of the molecule is COCC1CCNC(c2ccccc2OC)C1. The van der Waals surface area contributed by atoms with Gasteiger partial charge in [-0.2, -0.15) is 0 Å². The van der Waals surface area contributed by atoms with Crippen LogP contribution in [0.5, 0.6) is 5.75 Å². The van der Waals surface area contributed by atoms with Gasteiger partial charge in [0.1, 0.15) is 5.75 Å². The van der Waals surface area contributed by atoms with Crippen LogP contribution in [0.2, 0.25) is 0 Å². The van der Waals surface area contributed by atoms with Gasteiger partial charge in [-0.3, -0.25) is 0 Å². The highest BCUT2D eigenvalue weighted by atomic mass is 16.5. The zero-order valence-corrected chi connectivity index (χ0v) is 10.6. The summed E-state index contributed by atoms with van der Waals surface area (Å²) >= 11 is 0. The Morgan fingerprint density at radius 2 is 2.12 bits per heavy atom. The molecular weight excluding hydrogens is 214 g/mol. The van der Waals surface area contributed by atoms with E-state index in [4.69, 9.17) is 9.47 Å². The molecule has 3 heteroatoms. The summed E-state index contributed by atoms with van der Waals surface area (Å²) < 4.78 is 10.7. The molecule has 1 aromatic rings. The first-order chi connectivity index (χ1) is 8.35. The van der Waals surface area contributed by atoms with Crippen LogP contribution in [0.1, 0.15) is 24.4 Å². The Morgan fingerprint density at radius 3 is 2.88 bits per heavy atom. The fourth-order valence-electron chi connectivity index (χ4n) is 2.57. The summed E-state index contributed by atoms with van der Waals surface area (Å²) in [5.74, 6) is 1.62. The average molecular weight is 235 g/mol. The highest BCUT2D eigenvalue weighted by Crippen LogP contribution is 2.32. The summed E-state index contributed by atoms with van der Waals surface area (Å²) in [7, 11) is 3.51. The summed E-state index contributed by atoms with van der Waals surface area (Å²) in [5.41, 5.74) is 1.26. The van der Waals surface area contributed by atoms with Crippen molar-refractivity contribution in [2.45, 2.75) is 18.9 Å². The molecule has 0 saturated carbocycles. The molecule has 17 heavy (non-hydrogen) atoms. The van der Waals surface area contributed by atoms with Crippen molar-refractivity contribution in [3.05, 3.63) is 29.8 Å². The molecule has 1 saturated heterocycles. The van der Waals surface area contributed by atoms with Crippen molar-refractivity contribution < 1.29 is 9.47 Å². The van der Waals surface area contributed by atoms with E-state index >= 15 is 0 Å². The second-order valence-electron chi connectivity index (χ2n) is 4.59. The smallest absolute Gasteiger partial charge is 0.123 e. The Morgan fingerprint density at radius 1 is 1.29 bits per heavy atom. The summed E-state index contributed by atoms with van der Waals surface area (Å²) in [6.45, 7) is 1.91. The van der Waals surface area contributed by atoms with E-state index < -0.39 is 0 Å². The molecule has 94 valence electrons. The lowest BCUT2D eigenvalue weighted by atomic mass is 9.89. The zero-order chi connectivity index (χ0) is 12.1. The molecule has 0 aliphatic carbocycles. The van der Waals surface area contributed by atoms with E-state index in [1.807, 2.05) is 12.1 Å². The van der Waals surface area contributed by atoms with E-state index in [0.717, 1.165) is 25.3 Å². The first-order valence-corrected chi connectivity index (χ1v) is 6.20. The third-order valence-corrected chi connectivity index (χ3v) is 3.43. The molecule has 1 aromatic carbocycles. The maximum Gasteiger partial charge on any atom is 0.123 e. The largest absolute Gasteiger partial charge is 0.496 e. The molecule has 1 aliphatic heterocycles. The average Bonchev–Trinajstić information content (AvgIpc) is 2.39. The number of hydrogen-bond acceptors (Lipinski definition) is 3. The lowest BCUT2D eigenvalue weighted by Gasteiger charge is -2.31. The van der Waals surface area contributed by atoms with Crippen molar-refractivity contribution in [2.24, 2.45) is 5.92 Å². The highest BCUT2D eigenvalue weighted by Gasteiger charge is 2.24. The summed E-state index contributed by atoms with van der Waals surface area (Å²) in [4.78, 5) is 0. The summed E-state index contributed by atoms with van der Waals surface area (Å²) in [6.07, 6.45) is 2.31. The predicted octanol–water partition coefficient (Wildman–Crippen LogP) is 2.38. The maximum absolute atomic E-state index is 5.42. The van der Waals surface area contributed by atoms with E-state index in [2.05, 4.69) is 17.4 Å². The molecule has 0 amide bonds. The third-order valence-electron chi connectivity index (χ3n) is 3.43. The summed E-state index contributed by atoms with van der Waals surface area (Å²) in [6, 6.07) is 8.64. The number of nitrogens with one attached hydrogen (secondary N) is 1. The molecule has 1 N–H and O–H groups in total. The van der Waals surface area contributed by atoms with Crippen LogP contribution >= 0.6 is 0 Å². The van der Waals surface area contributed by atoms with E-state index in [-0.39, 0.29) is 0 Å². The first kappa shape index (κ1) is 12.4. The molecular formula is C14H21NO2. The fraction of sp³-hybridized carbons (Fsp3) is 0.571. The second-order valence-corrected chi connectivity index (χ2v) is 4.59. The van der Waals surface area contributed by atoms with Crippen molar-refractivity contribution in [3.63, 3.8) is 0 Å². The van der Waals surface area contributed by atoms with Gasteiger partial charge in [0.15, 0.2) is 0 Å². The molecule has 2 unspecified atom stereocenters. The second kappa shape index (κ2) is 6.03. The van der Waals surface area contributed by atoms with Crippen molar-refractivity contribution in [1.82, 2.24) is 5.32 Å². The van der Waals surface area contributed by atoms with Crippen LogP contribution in [0, 0.1) is 5.92 Å². The molecule has 1 fully saturated rings. The van der Waals surface area contributed by atoms with Crippen LogP contribution in [0.15, 0.2) is 24.3 Å². The van der Waals surface area contributed by atoms with Gasteiger partial charge in [0.25, 0.3) is 0 Å². The molecule has 0 bridgehead atoms. The Labute approximate surface area is 103 Å². The first-order valence-electron chi connectivity index (χ1n) is 6.20. The van der Waals surface area contributed by atoms with Gasteiger partial charge in [-0.05, 0) is 31.4 Å². The number of para-hydroxylation sites is 1. The molecule has 2 rings (SSSR count). The number of methoxy groups -OCH3 is 2. The number of ether oxygens (including phenoxy) is 2. The van der Waals surface area contributed by atoms with E-state index in [9.17, 15) is 0 Å². The topological polar surface area (TPSA) is 30.5 Å². The van der Waals surface area contributed by atoms with Crippen molar-refractivity contribution in [2.75, 3.05) is 27.4 Å². The van der Waals surface area contributed by atoms with Gasteiger partial charge in [-0.25, -0.2) is 0 Å². The van der Waals surface area contributed by atoms with Gasteiger partial charge >= 0.3 is 0 Å². The van der Waals surface area contributed by atoms with Gasteiger partial charge in [-0.1, -0.05) is 18.2 Å². The number of benzene rings is 1. The molecule has 1 heterocycles. The van der Waals surface area contributed by atoms with Gasteiger partial charge in [-0.15, -0.1) is 0 Å². The van der Waals surface area contributed by atoms with Crippen LogP contribution in [0.4, 0.5) is 0 Å².